The first kappa shape index (κ1) is 15.7. The van der Waals surface area contributed by atoms with E-state index in [0.29, 0.717) is 31.4 Å². The molecule has 3 rings (SSSR count). The Labute approximate surface area is 132 Å². The second-order valence-corrected chi connectivity index (χ2v) is 7.72. The summed E-state index contributed by atoms with van der Waals surface area (Å²) >= 11 is 0. The van der Waals surface area contributed by atoms with Crippen molar-refractivity contribution in [3.05, 3.63) is 23.4 Å². The molecule has 0 spiro atoms. The van der Waals surface area contributed by atoms with Crippen LogP contribution in [0.5, 0.6) is 0 Å². The van der Waals surface area contributed by atoms with E-state index >= 15 is 0 Å². The number of methoxy groups -OCH3 is 1. The van der Waals surface area contributed by atoms with E-state index in [-0.39, 0.29) is 0 Å². The fourth-order valence-electron chi connectivity index (χ4n) is 2.82. The maximum Gasteiger partial charge on any atom is 0.302 e. The van der Waals surface area contributed by atoms with Gasteiger partial charge < -0.3 is 4.74 Å². The van der Waals surface area contributed by atoms with Crippen LogP contribution in [-0.2, 0) is 21.6 Å². The molecule has 0 aromatic carbocycles. The summed E-state index contributed by atoms with van der Waals surface area (Å²) in [7, 11) is -1.93. The highest BCUT2D eigenvalue weighted by atomic mass is 32.2. The van der Waals surface area contributed by atoms with Crippen molar-refractivity contribution in [1.82, 2.24) is 9.29 Å². The minimum Gasteiger partial charge on any atom is -0.380 e. The van der Waals surface area contributed by atoms with Gasteiger partial charge in [0.15, 0.2) is 0 Å². The molecule has 1 aliphatic carbocycles. The lowest BCUT2D eigenvalue weighted by Gasteiger charge is -2.26. The molecule has 122 valence electrons. The van der Waals surface area contributed by atoms with Crippen LogP contribution in [-0.4, -0.2) is 37.9 Å². The first-order valence-electron chi connectivity index (χ1n) is 7.86. The first-order valence-corrected chi connectivity index (χ1v) is 9.30. The van der Waals surface area contributed by atoms with Gasteiger partial charge in [-0.1, -0.05) is 6.42 Å². The Kier molecular flexibility index (Phi) is 4.65. The van der Waals surface area contributed by atoms with E-state index in [4.69, 9.17) is 4.74 Å². The molecular formula is C15H23N3O3S. The van der Waals surface area contributed by atoms with Gasteiger partial charge in [-0.15, -0.1) is 0 Å². The number of piperidine rings is 1. The minimum absolute atomic E-state index is 0.353. The Hall–Kier alpha value is -1.18. The van der Waals surface area contributed by atoms with Crippen LogP contribution in [0.4, 0.5) is 5.82 Å². The number of ether oxygens (including phenoxy) is 1. The zero-order valence-electron chi connectivity index (χ0n) is 12.9. The highest BCUT2D eigenvalue weighted by molar-refractivity contribution is 7.90. The zero-order valence-corrected chi connectivity index (χ0v) is 13.7. The maximum atomic E-state index is 12.5. The smallest absolute Gasteiger partial charge is 0.302 e. The largest absolute Gasteiger partial charge is 0.380 e. The van der Waals surface area contributed by atoms with Crippen LogP contribution in [0.3, 0.4) is 0 Å². The number of hydrogen-bond acceptors (Lipinski definition) is 4. The van der Waals surface area contributed by atoms with Gasteiger partial charge in [0.1, 0.15) is 5.82 Å². The number of nitrogens with one attached hydrogen (secondary N) is 1. The van der Waals surface area contributed by atoms with E-state index in [1.807, 2.05) is 6.07 Å². The fraction of sp³-hybridized carbons (Fsp3) is 0.667. The summed E-state index contributed by atoms with van der Waals surface area (Å²) in [6.07, 6.45) is 7.08. The van der Waals surface area contributed by atoms with E-state index in [1.54, 1.807) is 13.3 Å². The molecular weight excluding hydrogens is 302 g/mol. The van der Waals surface area contributed by atoms with E-state index in [0.717, 1.165) is 24.8 Å². The summed E-state index contributed by atoms with van der Waals surface area (Å²) in [5.41, 5.74) is 1.97. The summed E-state index contributed by atoms with van der Waals surface area (Å²) in [5, 5.41) is 0. The predicted octanol–water partition coefficient (Wildman–Crippen LogP) is 2.25. The highest BCUT2D eigenvalue weighted by Crippen LogP contribution is 2.40. The maximum absolute atomic E-state index is 12.5. The van der Waals surface area contributed by atoms with Gasteiger partial charge in [-0.05, 0) is 43.2 Å². The lowest BCUT2D eigenvalue weighted by Crippen LogP contribution is -2.39. The number of aromatic nitrogens is 1. The van der Waals surface area contributed by atoms with Crippen molar-refractivity contribution in [2.75, 3.05) is 24.9 Å². The summed E-state index contributed by atoms with van der Waals surface area (Å²) in [6.45, 7) is 1.51. The van der Waals surface area contributed by atoms with E-state index < -0.39 is 10.2 Å². The minimum atomic E-state index is -3.53. The van der Waals surface area contributed by atoms with Crippen molar-refractivity contribution in [3.8, 4) is 0 Å². The monoisotopic (exact) mass is 325 g/mol. The number of pyridine rings is 1. The lowest BCUT2D eigenvalue weighted by molar-refractivity contribution is 0.185. The van der Waals surface area contributed by atoms with Crippen LogP contribution in [0, 0.1) is 0 Å². The first-order chi connectivity index (χ1) is 10.6. The molecule has 1 saturated heterocycles. The number of nitrogens with zero attached hydrogens (tertiary/aromatic N) is 2. The molecule has 1 saturated carbocycles. The van der Waals surface area contributed by atoms with Crippen molar-refractivity contribution in [1.29, 1.82) is 0 Å². The molecule has 1 aliphatic heterocycles. The molecule has 0 radical (unpaired) electrons. The van der Waals surface area contributed by atoms with E-state index in [1.165, 1.54) is 22.7 Å². The van der Waals surface area contributed by atoms with Crippen LogP contribution in [0.25, 0.3) is 0 Å². The molecule has 0 atom stereocenters. The molecule has 0 bridgehead atoms. The Morgan fingerprint density at radius 2 is 2.05 bits per heavy atom. The predicted molar refractivity (Wildman–Crippen MR) is 84.9 cm³/mol. The molecule has 1 aromatic rings. The van der Waals surface area contributed by atoms with Crippen molar-refractivity contribution in [3.63, 3.8) is 0 Å². The van der Waals surface area contributed by atoms with Gasteiger partial charge >= 0.3 is 10.2 Å². The summed E-state index contributed by atoms with van der Waals surface area (Å²) < 4.78 is 34.3. The molecule has 1 aromatic heterocycles. The molecule has 7 heteroatoms. The normalized spacial score (nSPS) is 20.0. The molecule has 1 N–H and O–H groups in total. The fourth-order valence-corrected chi connectivity index (χ4v) is 4.11. The van der Waals surface area contributed by atoms with Crippen LogP contribution >= 0.6 is 0 Å². The van der Waals surface area contributed by atoms with Crippen LogP contribution in [0.15, 0.2) is 12.3 Å². The van der Waals surface area contributed by atoms with Gasteiger partial charge in [0.2, 0.25) is 0 Å². The number of rotatable bonds is 6. The van der Waals surface area contributed by atoms with Gasteiger partial charge in [0, 0.05) is 32.0 Å². The Morgan fingerprint density at radius 1 is 1.32 bits per heavy atom. The van der Waals surface area contributed by atoms with Crippen LogP contribution in [0.2, 0.25) is 0 Å². The van der Waals surface area contributed by atoms with Crippen LogP contribution in [0.1, 0.15) is 49.1 Å². The third-order valence-electron chi connectivity index (χ3n) is 4.22. The molecule has 22 heavy (non-hydrogen) atoms. The number of anilines is 1. The Morgan fingerprint density at radius 3 is 2.68 bits per heavy atom. The van der Waals surface area contributed by atoms with Gasteiger partial charge in [0.05, 0.1) is 6.61 Å². The third kappa shape index (κ3) is 3.59. The molecule has 2 aliphatic rings. The SMILES string of the molecule is COCc1cc(C2CC2)cnc1NS(=O)(=O)N1CCCCC1. The van der Waals surface area contributed by atoms with Crippen molar-refractivity contribution >= 4 is 16.0 Å². The quantitative estimate of drug-likeness (QED) is 0.871. The van der Waals surface area contributed by atoms with Gasteiger partial charge in [0.25, 0.3) is 0 Å². The summed E-state index contributed by atoms with van der Waals surface area (Å²) in [4.78, 5) is 4.34. The summed E-state index contributed by atoms with van der Waals surface area (Å²) in [6, 6.07) is 2.02. The van der Waals surface area contributed by atoms with E-state index in [9.17, 15) is 8.42 Å². The van der Waals surface area contributed by atoms with Gasteiger partial charge in [-0.25, -0.2) is 4.98 Å². The Balaban J connectivity index is 1.80. The van der Waals surface area contributed by atoms with Gasteiger partial charge in [-0.2, -0.15) is 12.7 Å². The van der Waals surface area contributed by atoms with Crippen molar-refractivity contribution in [2.45, 2.75) is 44.6 Å². The third-order valence-corrected chi connectivity index (χ3v) is 5.71. The topological polar surface area (TPSA) is 71.5 Å². The van der Waals surface area contributed by atoms with E-state index in [2.05, 4.69) is 9.71 Å². The van der Waals surface area contributed by atoms with Crippen LogP contribution < -0.4 is 4.72 Å². The average molecular weight is 325 g/mol. The molecule has 0 amide bonds. The second kappa shape index (κ2) is 6.52. The Bertz CT molecular complexity index is 623. The van der Waals surface area contributed by atoms with Crippen molar-refractivity contribution < 1.29 is 13.2 Å². The standard InChI is InChI=1S/C15H23N3O3S/c1-21-11-14-9-13(12-5-6-12)10-16-15(14)17-22(19,20)18-7-3-2-4-8-18/h9-10,12H,2-8,11H2,1H3,(H,16,17). The number of hydrogen-bond donors (Lipinski definition) is 1. The summed E-state index contributed by atoms with van der Waals surface area (Å²) in [5.74, 6) is 0.965. The molecule has 2 heterocycles. The highest BCUT2D eigenvalue weighted by Gasteiger charge is 2.27. The van der Waals surface area contributed by atoms with Gasteiger partial charge in [-0.3, -0.25) is 4.72 Å². The second-order valence-electron chi connectivity index (χ2n) is 6.05. The zero-order chi connectivity index (χ0) is 15.6. The molecule has 2 fully saturated rings. The lowest BCUT2D eigenvalue weighted by atomic mass is 10.1. The van der Waals surface area contributed by atoms with Crippen molar-refractivity contribution in [2.24, 2.45) is 0 Å². The molecule has 0 unspecified atom stereocenters. The average Bonchev–Trinajstić information content (AvgIpc) is 3.35. The molecule has 6 nitrogen and oxygen atoms in total.